The van der Waals surface area contributed by atoms with Gasteiger partial charge in [0.2, 0.25) is 0 Å². The minimum Gasteiger partial charge on any atom is -0.490 e. The van der Waals surface area contributed by atoms with Crippen molar-refractivity contribution in [3.63, 3.8) is 0 Å². The average Bonchev–Trinajstić information content (AvgIpc) is 2.71. The second-order valence-corrected chi connectivity index (χ2v) is 6.13. The number of hydrogen-bond acceptors (Lipinski definition) is 7. The summed E-state index contributed by atoms with van der Waals surface area (Å²) >= 11 is 0. The van der Waals surface area contributed by atoms with Gasteiger partial charge in [0.05, 0.1) is 5.56 Å². The van der Waals surface area contributed by atoms with Crippen molar-refractivity contribution in [2.24, 2.45) is 0 Å². The maximum Gasteiger partial charge on any atom is 0.343 e. The largest absolute Gasteiger partial charge is 0.490 e. The molecule has 29 heavy (non-hydrogen) atoms. The molecule has 7 nitrogen and oxygen atoms in total. The van der Waals surface area contributed by atoms with Gasteiger partial charge < -0.3 is 18.6 Å². The first kappa shape index (κ1) is 19.9. The predicted molar refractivity (Wildman–Crippen MR) is 105 cm³/mol. The smallest absolute Gasteiger partial charge is 0.343 e. The summed E-state index contributed by atoms with van der Waals surface area (Å²) in [6, 6.07) is 14.1. The number of ether oxygens (including phenoxy) is 3. The van der Waals surface area contributed by atoms with Crippen molar-refractivity contribution in [3.8, 4) is 11.5 Å². The molecule has 0 amide bonds. The lowest BCUT2D eigenvalue weighted by Gasteiger charge is -2.08. The van der Waals surface area contributed by atoms with Crippen molar-refractivity contribution in [1.29, 1.82) is 0 Å². The minimum absolute atomic E-state index is 0.0909. The zero-order valence-electron chi connectivity index (χ0n) is 15.7. The quantitative estimate of drug-likeness (QED) is 0.199. The molecule has 0 saturated carbocycles. The van der Waals surface area contributed by atoms with Crippen LogP contribution in [0.3, 0.4) is 0 Å². The van der Waals surface area contributed by atoms with E-state index in [1.807, 2.05) is 0 Å². The molecule has 0 saturated heterocycles. The molecule has 7 heteroatoms. The van der Waals surface area contributed by atoms with E-state index in [1.165, 1.54) is 12.1 Å². The Morgan fingerprint density at radius 2 is 1.66 bits per heavy atom. The molecule has 148 valence electrons. The molecule has 0 unspecified atom stereocenters. The van der Waals surface area contributed by atoms with Gasteiger partial charge in [-0.05, 0) is 49.4 Å². The molecule has 0 aliphatic heterocycles. The van der Waals surface area contributed by atoms with E-state index in [-0.39, 0.29) is 19.0 Å². The fraction of sp³-hybridized carbons (Fsp3) is 0.136. The molecule has 0 aliphatic carbocycles. The molecule has 0 radical (unpaired) electrons. The topological polar surface area (TPSA) is 92.0 Å². The third-order valence-corrected chi connectivity index (χ3v) is 3.83. The van der Waals surface area contributed by atoms with Crippen LogP contribution in [0.15, 0.2) is 76.0 Å². The Labute approximate surface area is 166 Å². The Hall–Kier alpha value is -3.87. The summed E-state index contributed by atoms with van der Waals surface area (Å²) < 4.78 is 20.8. The van der Waals surface area contributed by atoms with E-state index in [0.717, 1.165) is 5.39 Å². The van der Waals surface area contributed by atoms with Gasteiger partial charge in [-0.15, -0.1) is 0 Å². The first-order valence-corrected chi connectivity index (χ1v) is 8.74. The Balaban J connectivity index is 1.57. The molecule has 0 fully saturated rings. The van der Waals surface area contributed by atoms with Gasteiger partial charge in [0.1, 0.15) is 30.3 Å². The van der Waals surface area contributed by atoms with Gasteiger partial charge in [0.15, 0.2) is 0 Å². The Morgan fingerprint density at radius 1 is 0.966 bits per heavy atom. The van der Waals surface area contributed by atoms with Crippen molar-refractivity contribution in [2.75, 3.05) is 13.2 Å². The number of hydrogen-bond donors (Lipinski definition) is 0. The lowest BCUT2D eigenvalue weighted by molar-refractivity contribution is -0.139. The summed E-state index contributed by atoms with van der Waals surface area (Å²) in [5.41, 5.74) is 0.493. The standard InChI is InChI=1S/C22H18O7/c1-14(2)21(24)27-12-11-26-17-7-4-16(5-8-17)22(25)28-18-9-3-15-6-10-20(23)29-19(15)13-18/h3-10,13H,1,11-12H2,2H3. The maximum atomic E-state index is 12.3. The SMILES string of the molecule is C=C(C)C(=O)OCCOc1ccc(C(=O)Oc2ccc3ccc(=O)oc3c2)cc1. The van der Waals surface area contributed by atoms with Gasteiger partial charge >= 0.3 is 17.6 Å². The van der Waals surface area contributed by atoms with Crippen molar-refractivity contribution < 1.29 is 28.2 Å². The van der Waals surface area contributed by atoms with Gasteiger partial charge in [-0.25, -0.2) is 14.4 Å². The van der Waals surface area contributed by atoms with E-state index in [9.17, 15) is 14.4 Å². The van der Waals surface area contributed by atoms with Gasteiger partial charge in [-0.3, -0.25) is 0 Å². The highest BCUT2D eigenvalue weighted by Crippen LogP contribution is 2.21. The predicted octanol–water partition coefficient (Wildman–Crippen LogP) is 3.51. The summed E-state index contributed by atoms with van der Waals surface area (Å²) in [7, 11) is 0. The van der Waals surface area contributed by atoms with E-state index in [1.54, 1.807) is 49.4 Å². The van der Waals surface area contributed by atoms with Crippen LogP contribution >= 0.6 is 0 Å². The van der Waals surface area contributed by atoms with Crippen molar-refractivity contribution in [3.05, 3.63) is 82.7 Å². The first-order valence-electron chi connectivity index (χ1n) is 8.74. The van der Waals surface area contributed by atoms with E-state index in [4.69, 9.17) is 18.6 Å². The number of carbonyl (C=O) groups excluding carboxylic acids is 2. The van der Waals surface area contributed by atoms with Crippen molar-refractivity contribution in [1.82, 2.24) is 0 Å². The molecule has 0 atom stereocenters. The summed E-state index contributed by atoms with van der Waals surface area (Å²) in [6.07, 6.45) is 0. The normalized spacial score (nSPS) is 10.4. The molecule has 3 rings (SSSR count). The van der Waals surface area contributed by atoms with Crippen molar-refractivity contribution >= 4 is 22.9 Å². The molecular formula is C22H18O7. The highest BCUT2D eigenvalue weighted by atomic mass is 16.6. The second-order valence-electron chi connectivity index (χ2n) is 6.13. The maximum absolute atomic E-state index is 12.3. The highest BCUT2D eigenvalue weighted by Gasteiger charge is 2.10. The molecule has 0 spiro atoms. The van der Waals surface area contributed by atoms with Crippen molar-refractivity contribution in [2.45, 2.75) is 6.92 Å². The van der Waals surface area contributed by atoms with Crippen LogP contribution in [-0.4, -0.2) is 25.2 Å². The number of rotatable bonds is 7. The molecule has 1 heterocycles. The Morgan fingerprint density at radius 3 is 2.38 bits per heavy atom. The monoisotopic (exact) mass is 394 g/mol. The lowest BCUT2D eigenvalue weighted by Crippen LogP contribution is -2.12. The lowest BCUT2D eigenvalue weighted by atomic mass is 10.2. The van der Waals surface area contributed by atoms with Crippen LogP contribution in [0.1, 0.15) is 17.3 Å². The molecule has 0 bridgehead atoms. The molecule has 2 aromatic carbocycles. The van der Waals surface area contributed by atoms with Gasteiger partial charge in [-0.2, -0.15) is 0 Å². The fourth-order valence-electron chi connectivity index (χ4n) is 2.37. The fourth-order valence-corrected chi connectivity index (χ4v) is 2.37. The summed E-state index contributed by atoms with van der Waals surface area (Å²) in [6.45, 7) is 5.32. The Bertz CT molecular complexity index is 1110. The average molecular weight is 394 g/mol. The number of fused-ring (bicyclic) bond motifs is 1. The molecular weight excluding hydrogens is 376 g/mol. The third-order valence-electron chi connectivity index (χ3n) is 3.83. The van der Waals surface area contributed by atoms with Crippen LogP contribution in [0.4, 0.5) is 0 Å². The van der Waals surface area contributed by atoms with Crippen LogP contribution in [-0.2, 0) is 9.53 Å². The van der Waals surface area contributed by atoms with Crippen LogP contribution in [0.25, 0.3) is 11.0 Å². The highest BCUT2D eigenvalue weighted by molar-refractivity contribution is 5.91. The Kier molecular flexibility index (Phi) is 6.09. The number of carbonyl (C=O) groups is 2. The minimum atomic E-state index is -0.565. The van der Waals surface area contributed by atoms with Crippen LogP contribution in [0.5, 0.6) is 11.5 Å². The summed E-state index contributed by atoms with van der Waals surface area (Å²) in [5.74, 6) is -0.263. The van der Waals surface area contributed by atoms with Crippen LogP contribution in [0.2, 0.25) is 0 Å². The zero-order valence-corrected chi connectivity index (χ0v) is 15.7. The van der Waals surface area contributed by atoms with E-state index in [2.05, 4.69) is 6.58 Å². The third kappa shape index (κ3) is 5.32. The van der Waals surface area contributed by atoms with E-state index < -0.39 is 17.6 Å². The first-order chi connectivity index (χ1) is 13.9. The summed E-state index contributed by atoms with van der Waals surface area (Å²) in [5, 5.41) is 0.722. The van der Waals surface area contributed by atoms with Crippen LogP contribution < -0.4 is 15.1 Å². The zero-order chi connectivity index (χ0) is 20.8. The van der Waals surface area contributed by atoms with Gasteiger partial charge in [-0.1, -0.05) is 6.58 Å². The van der Waals surface area contributed by atoms with Gasteiger partial charge in [0.25, 0.3) is 0 Å². The molecule has 0 N–H and O–H groups in total. The molecule has 3 aromatic rings. The molecule has 0 aliphatic rings. The molecule has 1 aromatic heterocycles. The second kappa shape index (κ2) is 8.88. The van der Waals surface area contributed by atoms with E-state index in [0.29, 0.717) is 22.5 Å². The van der Waals surface area contributed by atoms with Gasteiger partial charge in [0, 0.05) is 23.1 Å². The number of benzene rings is 2. The number of esters is 2. The summed E-state index contributed by atoms with van der Waals surface area (Å²) in [4.78, 5) is 34.9. The van der Waals surface area contributed by atoms with Crippen LogP contribution in [0, 0.1) is 0 Å². The van der Waals surface area contributed by atoms with E-state index >= 15 is 0 Å².